The molecule has 0 saturated carbocycles. The number of carbonyl (C=O) groups is 1. The number of amides is 1. The fourth-order valence-corrected chi connectivity index (χ4v) is 1.83. The maximum Gasteiger partial charge on any atom is 0.255 e. The van der Waals surface area contributed by atoms with Crippen LogP contribution in [0.5, 0.6) is 0 Å². The van der Waals surface area contributed by atoms with Gasteiger partial charge in [-0.25, -0.2) is 8.78 Å². The highest BCUT2D eigenvalue weighted by Crippen LogP contribution is 2.22. The maximum atomic E-state index is 13.7. The van der Waals surface area contributed by atoms with Gasteiger partial charge in [-0.2, -0.15) is 5.26 Å². The van der Waals surface area contributed by atoms with Crippen LogP contribution in [0.25, 0.3) is 0 Å². The molecule has 1 rings (SSSR count). The third-order valence-electron chi connectivity index (χ3n) is 2.67. The quantitative estimate of drug-likeness (QED) is 0.862. The van der Waals surface area contributed by atoms with Crippen molar-refractivity contribution < 1.29 is 13.6 Å². The summed E-state index contributed by atoms with van der Waals surface area (Å²) in [7, 11) is 0. The van der Waals surface area contributed by atoms with Crippen molar-refractivity contribution in [3.63, 3.8) is 0 Å². The van der Waals surface area contributed by atoms with Crippen LogP contribution in [0.2, 0.25) is 5.02 Å². The van der Waals surface area contributed by atoms with Crippen molar-refractivity contribution in [1.82, 2.24) is 5.32 Å². The van der Waals surface area contributed by atoms with E-state index in [4.69, 9.17) is 16.9 Å². The fraction of sp³-hybridized carbons (Fsp3) is 0.385. The fourth-order valence-electron chi connectivity index (χ4n) is 1.67. The van der Waals surface area contributed by atoms with Crippen molar-refractivity contribution in [1.29, 1.82) is 5.26 Å². The first kappa shape index (κ1) is 15.4. The lowest BCUT2D eigenvalue weighted by Gasteiger charge is -2.22. The molecule has 3 nitrogen and oxygen atoms in total. The number of hydrogen-bond acceptors (Lipinski definition) is 2. The molecule has 0 bridgehead atoms. The summed E-state index contributed by atoms with van der Waals surface area (Å²) in [6.45, 7) is 3.40. The van der Waals surface area contributed by atoms with Crippen LogP contribution in [0.4, 0.5) is 8.78 Å². The molecule has 1 aromatic carbocycles. The van der Waals surface area contributed by atoms with Gasteiger partial charge in [-0.1, -0.05) is 24.9 Å². The van der Waals surface area contributed by atoms with Gasteiger partial charge in [-0.15, -0.1) is 0 Å². The predicted octanol–water partition coefficient (Wildman–Crippen LogP) is 3.43. The van der Waals surface area contributed by atoms with Gasteiger partial charge in [0.2, 0.25) is 0 Å². The number of carbonyl (C=O) groups excluding carboxylic acids is 1. The highest BCUT2D eigenvalue weighted by molar-refractivity contribution is 6.31. The first-order chi connectivity index (χ1) is 8.84. The summed E-state index contributed by atoms with van der Waals surface area (Å²) in [6.07, 6.45) is 1.10. The summed E-state index contributed by atoms with van der Waals surface area (Å²) < 4.78 is 26.7. The number of nitrogens with one attached hydrogen (secondary N) is 1. The highest BCUT2D eigenvalue weighted by atomic mass is 35.5. The average molecular weight is 287 g/mol. The molecule has 1 aromatic rings. The van der Waals surface area contributed by atoms with E-state index in [1.807, 2.05) is 13.0 Å². The lowest BCUT2D eigenvalue weighted by atomic mass is 9.97. The van der Waals surface area contributed by atoms with Crippen LogP contribution in [0.1, 0.15) is 37.0 Å². The van der Waals surface area contributed by atoms with Gasteiger partial charge < -0.3 is 5.32 Å². The molecule has 0 saturated heterocycles. The Bertz CT molecular complexity index is 542. The predicted molar refractivity (Wildman–Crippen MR) is 67.8 cm³/mol. The number of rotatable bonds is 4. The van der Waals surface area contributed by atoms with E-state index in [1.165, 1.54) is 6.92 Å². The molecule has 19 heavy (non-hydrogen) atoms. The van der Waals surface area contributed by atoms with E-state index in [1.54, 1.807) is 0 Å². The Morgan fingerprint density at radius 3 is 2.68 bits per heavy atom. The minimum atomic E-state index is -1.13. The minimum absolute atomic E-state index is 0.385. The highest BCUT2D eigenvalue weighted by Gasteiger charge is 2.27. The zero-order valence-electron chi connectivity index (χ0n) is 10.6. The second kappa shape index (κ2) is 5.98. The molecule has 0 aliphatic rings. The van der Waals surface area contributed by atoms with Gasteiger partial charge in [-0.05, 0) is 25.5 Å². The summed E-state index contributed by atoms with van der Waals surface area (Å²) in [5, 5.41) is 10.7. The Labute approximate surface area is 115 Å². The largest absolute Gasteiger partial charge is 0.334 e. The van der Waals surface area contributed by atoms with Crippen LogP contribution in [0.15, 0.2) is 12.1 Å². The Hall–Kier alpha value is -1.67. The third-order valence-corrected chi connectivity index (χ3v) is 3.01. The van der Waals surface area contributed by atoms with Gasteiger partial charge in [0.1, 0.15) is 16.4 Å². The maximum absolute atomic E-state index is 13.7. The molecule has 0 aromatic heterocycles. The van der Waals surface area contributed by atoms with E-state index in [0.29, 0.717) is 12.8 Å². The molecule has 0 aliphatic carbocycles. The first-order valence-corrected chi connectivity index (χ1v) is 6.09. The smallest absolute Gasteiger partial charge is 0.255 e. The normalized spacial score (nSPS) is 13.5. The van der Waals surface area contributed by atoms with Crippen LogP contribution in [0, 0.1) is 23.0 Å². The molecule has 1 amide bonds. The van der Waals surface area contributed by atoms with E-state index >= 15 is 0 Å². The standard InChI is InChI=1S/C13H13ClF2N2O/c1-3-6-13(2,7-17)18-12(19)8-4-5-9(15)10(14)11(8)16/h4-5H,3,6H2,1-2H3,(H,18,19). The third kappa shape index (κ3) is 3.42. The van der Waals surface area contributed by atoms with Crippen molar-refractivity contribution in [2.75, 3.05) is 0 Å². The van der Waals surface area contributed by atoms with Crippen LogP contribution >= 0.6 is 11.6 Å². The van der Waals surface area contributed by atoms with E-state index < -0.39 is 28.1 Å². The van der Waals surface area contributed by atoms with E-state index in [-0.39, 0.29) is 5.56 Å². The molecule has 0 aliphatic heterocycles. The van der Waals surface area contributed by atoms with Gasteiger partial charge in [0.25, 0.3) is 5.91 Å². The lowest BCUT2D eigenvalue weighted by molar-refractivity contribution is 0.0917. The van der Waals surface area contributed by atoms with Crippen molar-refractivity contribution in [2.24, 2.45) is 0 Å². The van der Waals surface area contributed by atoms with E-state index in [9.17, 15) is 13.6 Å². The molecule has 6 heteroatoms. The summed E-state index contributed by atoms with van der Waals surface area (Å²) in [4.78, 5) is 11.9. The van der Waals surface area contributed by atoms with Crippen LogP contribution < -0.4 is 5.32 Å². The Kier molecular flexibility index (Phi) is 4.84. The van der Waals surface area contributed by atoms with Gasteiger partial charge in [0.05, 0.1) is 11.6 Å². The number of halogens is 3. The molecule has 0 heterocycles. The van der Waals surface area contributed by atoms with Gasteiger partial charge in [0, 0.05) is 0 Å². The molecule has 0 spiro atoms. The Balaban J connectivity index is 3.03. The van der Waals surface area contributed by atoms with E-state index in [2.05, 4.69) is 5.32 Å². The van der Waals surface area contributed by atoms with Crippen LogP contribution in [0.3, 0.4) is 0 Å². The average Bonchev–Trinajstić information content (AvgIpc) is 2.36. The van der Waals surface area contributed by atoms with Gasteiger partial charge in [0.15, 0.2) is 5.82 Å². The zero-order chi connectivity index (χ0) is 14.6. The lowest BCUT2D eigenvalue weighted by Crippen LogP contribution is -2.45. The monoisotopic (exact) mass is 286 g/mol. The second-order valence-corrected chi connectivity index (χ2v) is 4.75. The van der Waals surface area contributed by atoms with Gasteiger partial charge in [-0.3, -0.25) is 4.79 Å². The Morgan fingerprint density at radius 2 is 2.16 bits per heavy atom. The molecule has 1 unspecified atom stereocenters. The first-order valence-electron chi connectivity index (χ1n) is 5.72. The molecule has 1 atom stereocenters. The zero-order valence-corrected chi connectivity index (χ0v) is 11.3. The van der Waals surface area contributed by atoms with Crippen molar-refractivity contribution >= 4 is 17.5 Å². The minimum Gasteiger partial charge on any atom is -0.334 e. The van der Waals surface area contributed by atoms with Crippen LogP contribution in [-0.2, 0) is 0 Å². The van der Waals surface area contributed by atoms with E-state index in [0.717, 1.165) is 12.1 Å². The van der Waals surface area contributed by atoms with Gasteiger partial charge >= 0.3 is 0 Å². The topological polar surface area (TPSA) is 52.9 Å². The summed E-state index contributed by atoms with van der Waals surface area (Å²) in [5.74, 6) is -2.86. The molecular weight excluding hydrogens is 274 g/mol. The summed E-state index contributed by atoms with van der Waals surface area (Å²) in [5.41, 5.74) is -1.48. The SMILES string of the molecule is CCCC(C)(C#N)NC(=O)c1ccc(F)c(Cl)c1F. The molecule has 0 fully saturated rings. The van der Waals surface area contributed by atoms with Crippen molar-refractivity contribution in [3.8, 4) is 6.07 Å². The second-order valence-electron chi connectivity index (χ2n) is 4.37. The number of hydrogen-bond donors (Lipinski definition) is 1. The van der Waals surface area contributed by atoms with Crippen molar-refractivity contribution in [3.05, 3.63) is 34.4 Å². The van der Waals surface area contributed by atoms with Crippen LogP contribution in [-0.4, -0.2) is 11.4 Å². The number of nitriles is 1. The number of nitrogens with zero attached hydrogens (tertiary/aromatic N) is 1. The Morgan fingerprint density at radius 1 is 1.53 bits per heavy atom. The summed E-state index contributed by atoms with van der Waals surface area (Å²) >= 11 is 5.40. The van der Waals surface area contributed by atoms with Crippen molar-refractivity contribution in [2.45, 2.75) is 32.2 Å². The molecular formula is C13H13ClF2N2O. The number of benzene rings is 1. The molecule has 0 radical (unpaired) electrons. The molecule has 1 N–H and O–H groups in total. The molecule has 102 valence electrons. The summed E-state index contributed by atoms with van der Waals surface area (Å²) in [6, 6.07) is 3.87.